The molecule has 4 nitrogen and oxygen atoms in total. The normalized spacial score (nSPS) is 13.7. The van der Waals surface area contributed by atoms with E-state index >= 15 is 0 Å². The van der Waals surface area contributed by atoms with E-state index < -0.39 is 15.6 Å². The van der Waals surface area contributed by atoms with Gasteiger partial charge in [-0.3, -0.25) is 0 Å². The maximum atomic E-state index is 12.2. The summed E-state index contributed by atoms with van der Waals surface area (Å²) in [5.74, 6) is 0.435. The highest BCUT2D eigenvalue weighted by molar-refractivity contribution is 7.89. The summed E-state index contributed by atoms with van der Waals surface area (Å²) in [6.45, 7) is 8.01. The van der Waals surface area contributed by atoms with Crippen molar-refractivity contribution < 1.29 is 8.42 Å². The third kappa shape index (κ3) is 5.05. The number of hydrogen-bond donors (Lipinski definition) is 2. The summed E-state index contributed by atoms with van der Waals surface area (Å²) < 4.78 is 27.0. The average Bonchev–Trinajstić information content (AvgIpc) is 2.37. The molecule has 0 aliphatic rings. The van der Waals surface area contributed by atoms with Gasteiger partial charge in [-0.2, -0.15) is 0 Å². The molecule has 1 aromatic carbocycles. The molecule has 0 saturated heterocycles. The number of sulfonamides is 1. The van der Waals surface area contributed by atoms with Crippen molar-refractivity contribution in [3.8, 4) is 0 Å². The maximum absolute atomic E-state index is 12.2. The number of halogens is 1. The Morgan fingerprint density at radius 3 is 2.15 bits per heavy atom. The van der Waals surface area contributed by atoms with E-state index in [2.05, 4.69) is 18.6 Å². The first-order valence-corrected chi connectivity index (χ1v) is 8.04. The first-order valence-electron chi connectivity index (χ1n) is 6.56. The third-order valence-corrected chi connectivity index (χ3v) is 5.01. The second kappa shape index (κ2) is 7.41. The highest BCUT2D eigenvalue weighted by Crippen LogP contribution is 2.21. The van der Waals surface area contributed by atoms with Crippen LogP contribution in [0.1, 0.15) is 45.6 Å². The fourth-order valence-corrected chi connectivity index (χ4v) is 3.10. The van der Waals surface area contributed by atoms with Crippen LogP contribution in [0.25, 0.3) is 0 Å². The molecular formula is C14H25ClN2O2S. The van der Waals surface area contributed by atoms with E-state index in [0.717, 1.165) is 12.0 Å². The summed E-state index contributed by atoms with van der Waals surface area (Å²) in [4.78, 5) is 0.279. The summed E-state index contributed by atoms with van der Waals surface area (Å²) in [5, 5.41) is 0. The van der Waals surface area contributed by atoms with E-state index in [1.54, 1.807) is 26.0 Å². The van der Waals surface area contributed by atoms with Gasteiger partial charge in [0, 0.05) is 12.1 Å². The molecule has 0 aliphatic carbocycles. The first-order chi connectivity index (χ1) is 8.72. The van der Waals surface area contributed by atoms with Crippen LogP contribution < -0.4 is 10.5 Å². The number of nitrogens with two attached hydrogens (primary N) is 1. The molecule has 116 valence electrons. The van der Waals surface area contributed by atoms with Crippen molar-refractivity contribution in [3.05, 3.63) is 29.8 Å². The Balaban J connectivity index is 0.00000361. The van der Waals surface area contributed by atoms with Gasteiger partial charge in [0.05, 0.1) is 4.90 Å². The van der Waals surface area contributed by atoms with Crippen LogP contribution in [0.15, 0.2) is 29.2 Å². The van der Waals surface area contributed by atoms with E-state index in [4.69, 9.17) is 5.73 Å². The van der Waals surface area contributed by atoms with Crippen LogP contribution in [-0.2, 0) is 10.0 Å². The summed E-state index contributed by atoms with van der Waals surface area (Å²) in [5.41, 5.74) is 6.05. The van der Waals surface area contributed by atoms with Crippen molar-refractivity contribution in [1.82, 2.24) is 4.72 Å². The number of rotatable bonds is 6. The lowest BCUT2D eigenvalue weighted by atomic mass is 9.99. The standard InChI is InChI=1S/C14H24N2O2S.ClH/c1-5-11(2)12-6-8-13(9-7-12)19(17,18)16-14(3,4)10-15;/h6-9,11,16H,5,10,15H2,1-4H3;1H. The van der Waals surface area contributed by atoms with Crippen LogP contribution in [0.4, 0.5) is 0 Å². The summed E-state index contributed by atoms with van der Waals surface area (Å²) in [7, 11) is -3.51. The Labute approximate surface area is 128 Å². The second-order valence-corrected chi connectivity index (χ2v) is 7.25. The molecule has 1 rings (SSSR count). The average molecular weight is 321 g/mol. The van der Waals surface area contributed by atoms with E-state index in [0.29, 0.717) is 5.92 Å². The molecule has 1 aromatic rings. The van der Waals surface area contributed by atoms with Crippen molar-refractivity contribution in [3.63, 3.8) is 0 Å². The lowest BCUT2D eigenvalue weighted by molar-refractivity contribution is 0.462. The van der Waals surface area contributed by atoms with Gasteiger partial charge in [0.15, 0.2) is 0 Å². The highest BCUT2D eigenvalue weighted by Gasteiger charge is 2.24. The molecule has 0 fully saturated rings. The molecule has 20 heavy (non-hydrogen) atoms. The molecule has 0 amide bonds. The zero-order valence-corrected chi connectivity index (χ0v) is 14.1. The first kappa shape index (κ1) is 19.4. The lowest BCUT2D eigenvalue weighted by Crippen LogP contribution is -2.48. The zero-order valence-electron chi connectivity index (χ0n) is 12.5. The predicted octanol–water partition coefficient (Wildman–Crippen LogP) is 2.64. The number of hydrogen-bond acceptors (Lipinski definition) is 3. The highest BCUT2D eigenvalue weighted by atomic mass is 35.5. The molecule has 0 heterocycles. The topological polar surface area (TPSA) is 72.2 Å². The zero-order chi connectivity index (χ0) is 14.7. The Kier molecular flexibility index (Phi) is 7.18. The van der Waals surface area contributed by atoms with Gasteiger partial charge in [0.25, 0.3) is 0 Å². The van der Waals surface area contributed by atoms with Crippen LogP contribution in [0.5, 0.6) is 0 Å². The predicted molar refractivity (Wildman–Crippen MR) is 85.9 cm³/mol. The summed E-state index contributed by atoms with van der Waals surface area (Å²) in [6, 6.07) is 7.04. The van der Waals surface area contributed by atoms with Crippen molar-refractivity contribution in [1.29, 1.82) is 0 Å². The van der Waals surface area contributed by atoms with Gasteiger partial charge in [-0.1, -0.05) is 26.0 Å². The van der Waals surface area contributed by atoms with E-state index in [9.17, 15) is 8.42 Å². The second-order valence-electron chi connectivity index (χ2n) is 5.57. The Morgan fingerprint density at radius 1 is 1.25 bits per heavy atom. The van der Waals surface area contributed by atoms with E-state index in [-0.39, 0.29) is 23.8 Å². The molecule has 1 atom stereocenters. The Hall–Kier alpha value is -0.620. The SMILES string of the molecule is CCC(C)c1ccc(S(=O)(=O)NC(C)(C)CN)cc1.Cl. The van der Waals surface area contributed by atoms with E-state index in [1.807, 2.05) is 12.1 Å². The minimum absolute atomic E-state index is 0. The fraction of sp³-hybridized carbons (Fsp3) is 0.571. The molecule has 0 spiro atoms. The van der Waals surface area contributed by atoms with Crippen molar-refractivity contribution >= 4 is 22.4 Å². The van der Waals surface area contributed by atoms with E-state index in [1.165, 1.54) is 0 Å². The molecule has 0 aromatic heterocycles. The van der Waals surface area contributed by atoms with Gasteiger partial charge >= 0.3 is 0 Å². The third-order valence-electron chi connectivity index (χ3n) is 3.29. The van der Waals surface area contributed by atoms with Gasteiger partial charge in [-0.15, -0.1) is 12.4 Å². The number of nitrogens with one attached hydrogen (secondary N) is 1. The molecule has 3 N–H and O–H groups in total. The molecule has 6 heteroatoms. The van der Waals surface area contributed by atoms with Crippen molar-refractivity contribution in [2.45, 2.75) is 50.5 Å². The van der Waals surface area contributed by atoms with Gasteiger partial charge in [0.1, 0.15) is 0 Å². The maximum Gasteiger partial charge on any atom is 0.241 e. The lowest BCUT2D eigenvalue weighted by Gasteiger charge is -2.24. The minimum atomic E-state index is -3.51. The number of benzene rings is 1. The molecule has 0 bridgehead atoms. The van der Waals surface area contributed by atoms with Crippen LogP contribution in [0.2, 0.25) is 0 Å². The Bertz CT molecular complexity index is 512. The monoisotopic (exact) mass is 320 g/mol. The molecular weight excluding hydrogens is 296 g/mol. The van der Waals surface area contributed by atoms with Crippen molar-refractivity contribution in [2.75, 3.05) is 6.54 Å². The molecule has 0 saturated carbocycles. The quantitative estimate of drug-likeness (QED) is 0.846. The molecule has 0 aliphatic heterocycles. The van der Waals surface area contributed by atoms with Gasteiger partial charge < -0.3 is 5.73 Å². The summed E-state index contributed by atoms with van der Waals surface area (Å²) in [6.07, 6.45) is 1.03. The van der Waals surface area contributed by atoms with Crippen molar-refractivity contribution in [2.24, 2.45) is 5.73 Å². The van der Waals surface area contributed by atoms with Crippen LogP contribution in [0.3, 0.4) is 0 Å². The smallest absolute Gasteiger partial charge is 0.241 e. The van der Waals surface area contributed by atoms with Gasteiger partial charge in [-0.05, 0) is 43.9 Å². The fourth-order valence-electron chi connectivity index (χ4n) is 1.68. The molecule has 1 unspecified atom stereocenters. The van der Waals surface area contributed by atoms with Crippen LogP contribution in [-0.4, -0.2) is 20.5 Å². The molecule has 0 radical (unpaired) electrons. The van der Waals surface area contributed by atoms with Gasteiger partial charge in [0.2, 0.25) is 10.0 Å². The Morgan fingerprint density at radius 2 is 1.75 bits per heavy atom. The van der Waals surface area contributed by atoms with Gasteiger partial charge in [-0.25, -0.2) is 13.1 Å². The minimum Gasteiger partial charge on any atom is -0.329 e. The van der Waals surface area contributed by atoms with Crippen LogP contribution >= 0.6 is 12.4 Å². The largest absolute Gasteiger partial charge is 0.329 e. The summed E-state index contributed by atoms with van der Waals surface area (Å²) >= 11 is 0. The van der Waals surface area contributed by atoms with Crippen LogP contribution in [0, 0.1) is 0 Å².